The zero-order chi connectivity index (χ0) is 15.2. The number of nitrogens with zero attached hydrogens (tertiary/aromatic N) is 3. The molecule has 1 aromatic carbocycles. The molecule has 21 heavy (non-hydrogen) atoms. The van der Waals surface area contributed by atoms with Gasteiger partial charge in [-0.3, -0.25) is 4.79 Å². The van der Waals surface area contributed by atoms with Gasteiger partial charge in [0.2, 0.25) is 5.91 Å². The molecular weight excluding hydrogens is 266 g/mol. The predicted molar refractivity (Wildman–Crippen MR) is 80.2 cm³/mol. The molecule has 3 N–H and O–H groups in total. The van der Waals surface area contributed by atoms with Crippen LogP contribution >= 0.6 is 0 Å². The largest absolute Gasteiger partial charge is 0.346 e. The number of nitrogens with two attached hydrogens (primary N) is 1. The summed E-state index contributed by atoms with van der Waals surface area (Å²) >= 11 is 0. The van der Waals surface area contributed by atoms with Crippen LogP contribution in [0.2, 0.25) is 0 Å². The summed E-state index contributed by atoms with van der Waals surface area (Å²) in [5.41, 5.74) is 7.13. The Balaban J connectivity index is 1.81. The van der Waals surface area contributed by atoms with Crippen molar-refractivity contribution < 1.29 is 4.79 Å². The zero-order valence-corrected chi connectivity index (χ0v) is 12.4. The molecule has 0 fully saturated rings. The van der Waals surface area contributed by atoms with E-state index >= 15 is 0 Å². The smallest absolute Gasteiger partial charge is 0.220 e. The van der Waals surface area contributed by atoms with Gasteiger partial charge in [-0.25, -0.2) is 0 Å². The molecule has 1 heterocycles. The van der Waals surface area contributed by atoms with Gasteiger partial charge in [0.25, 0.3) is 0 Å². The molecule has 1 aromatic heterocycles. The highest BCUT2D eigenvalue weighted by Gasteiger charge is 2.15. The van der Waals surface area contributed by atoms with Gasteiger partial charge in [0.1, 0.15) is 6.33 Å². The summed E-state index contributed by atoms with van der Waals surface area (Å²) in [6.45, 7) is 1.89. The summed E-state index contributed by atoms with van der Waals surface area (Å²) in [7, 11) is 1.85. The minimum Gasteiger partial charge on any atom is -0.346 e. The van der Waals surface area contributed by atoms with E-state index in [0.717, 1.165) is 11.4 Å². The van der Waals surface area contributed by atoms with Crippen molar-refractivity contribution in [2.24, 2.45) is 12.8 Å². The number of hydrogen-bond acceptors (Lipinski definition) is 4. The topological polar surface area (TPSA) is 85.8 Å². The molecule has 0 aliphatic rings. The third kappa shape index (κ3) is 4.13. The van der Waals surface area contributed by atoms with E-state index in [4.69, 9.17) is 5.73 Å². The van der Waals surface area contributed by atoms with Crippen molar-refractivity contribution in [2.45, 2.75) is 31.8 Å². The lowest BCUT2D eigenvalue weighted by atomic mass is 10.0. The molecule has 0 radical (unpaired) electrons. The van der Waals surface area contributed by atoms with E-state index in [1.807, 2.05) is 44.3 Å². The van der Waals surface area contributed by atoms with Crippen LogP contribution in [0.15, 0.2) is 36.7 Å². The average Bonchev–Trinajstić information content (AvgIpc) is 2.92. The van der Waals surface area contributed by atoms with Crippen molar-refractivity contribution in [3.8, 4) is 0 Å². The van der Waals surface area contributed by atoms with Crippen molar-refractivity contribution in [3.05, 3.63) is 48.0 Å². The molecule has 1 amide bonds. The van der Waals surface area contributed by atoms with Gasteiger partial charge in [0.05, 0.1) is 6.04 Å². The summed E-state index contributed by atoms with van der Waals surface area (Å²) in [6.07, 6.45) is 2.61. The molecule has 2 rings (SSSR count). The molecule has 0 aliphatic heterocycles. The molecule has 0 saturated carbocycles. The molecule has 112 valence electrons. The first-order chi connectivity index (χ1) is 10.1. The number of nitrogens with one attached hydrogen (secondary N) is 1. The average molecular weight is 287 g/mol. The molecule has 2 unspecified atom stereocenters. The van der Waals surface area contributed by atoms with Crippen LogP contribution in [0.5, 0.6) is 0 Å². The van der Waals surface area contributed by atoms with Crippen LogP contribution in [-0.2, 0) is 11.8 Å². The second kappa shape index (κ2) is 6.99. The van der Waals surface area contributed by atoms with Crippen LogP contribution in [0, 0.1) is 0 Å². The summed E-state index contributed by atoms with van der Waals surface area (Å²) in [6, 6.07) is 9.51. The van der Waals surface area contributed by atoms with E-state index in [1.165, 1.54) is 0 Å². The maximum atomic E-state index is 12.0. The third-order valence-electron chi connectivity index (χ3n) is 3.42. The Morgan fingerprint density at radius 1 is 1.38 bits per heavy atom. The van der Waals surface area contributed by atoms with Gasteiger partial charge < -0.3 is 15.6 Å². The number of aromatic nitrogens is 3. The molecule has 2 atom stereocenters. The van der Waals surface area contributed by atoms with Crippen LogP contribution in [0.3, 0.4) is 0 Å². The third-order valence-corrected chi connectivity index (χ3v) is 3.42. The van der Waals surface area contributed by atoms with Crippen molar-refractivity contribution in [1.82, 2.24) is 20.1 Å². The Morgan fingerprint density at radius 2 is 2.10 bits per heavy atom. The van der Waals surface area contributed by atoms with Crippen LogP contribution < -0.4 is 11.1 Å². The van der Waals surface area contributed by atoms with Crippen LogP contribution in [0.4, 0.5) is 0 Å². The van der Waals surface area contributed by atoms with Gasteiger partial charge in [0, 0.05) is 19.5 Å². The standard InChI is InChI=1S/C15H21N5O/c1-11(15-19-17-10-20(15)2)18-14(21)9-8-13(16)12-6-4-3-5-7-12/h3-7,10-11,13H,8-9,16H2,1-2H3,(H,18,21). The molecule has 0 bridgehead atoms. The second-order valence-corrected chi connectivity index (χ2v) is 5.15. The van der Waals surface area contributed by atoms with Gasteiger partial charge in [-0.1, -0.05) is 30.3 Å². The minimum absolute atomic E-state index is 0.0307. The van der Waals surface area contributed by atoms with E-state index in [9.17, 15) is 4.79 Å². The molecule has 6 heteroatoms. The summed E-state index contributed by atoms with van der Waals surface area (Å²) < 4.78 is 1.79. The van der Waals surface area contributed by atoms with Gasteiger partial charge in [-0.15, -0.1) is 10.2 Å². The monoisotopic (exact) mass is 287 g/mol. The van der Waals surface area contributed by atoms with E-state index in [-0.39, 0.29) is 18.0 Å². The van der Waals surface area contributed by atoms with Crippen LogP contribution in [0.25, 0.3) is 0 Å². The molecule has 0 saturated heterocycles. The Bertz CT molecular complexity index is 581. The lowest BCUT2D eigenvalue weighted by molar-refractivity contribution is -0.122. The van der Waals surface area contributed by atoms with Crippen LogP contribution in [-0.4, -0.2) is 20.7 Å². The Hall–Kier alpha value is -2.21. The van der Waals surface area contributed by atoms with Gasteiger partial charge >= 0.3 is 0 Å². The van der Waals surface area contributed by atoms with Crippen LogP contribution in [0.1, 0.15) is 43.2 Å². The number of rotatable bonds is 6. The summed E-state index contributed by atoms with van der Waals surface area (Å²) in [5, 5.41) is 10.7. The molecule has 0 aliphatic carbocycles. The number of carbonyl (C=O) groups excluding carboxylic acids is 1. The normalized spacial score (nSPS) is 13.7. The summed E-state index contributed by atoms with van der Waals surface area (Å²) in [4.78, 5) is 12.0. The van der Waals surface area contributed by atoms with Crippen molar-refractivity contribution in [3.63, 3.8) is 0 Å². The quantitative estimate of drug-likeness (QED) is 0.842. The first-order valence-corrected chi connectivity index (χ1v) is 7.01. The highest BCUT2D eigenvalue weighted by atomic mass is 16.1. The maximum Gasteiger partial charge on any atom is 0.220 e. The highest BCUT2D eigenvalue weighted by Crippen LogP contribution is 2.15. The van der Waals surface area contributed by atoms with Gasteiger partial charge in [0.15, 0.2) is 5.82 Å². The van der Waals surface area contributed by atoms with E-state index < -0.39 is 0 Å². The fourth-order valence-corrected chi connectivity index (χ4v) is 2.22. The lowest BCUT2D eigenvalue weighted by Gasteiger charge is -2.15. The Kier molecular flexibility index (Phi) is 5.05. The Labute approximate surface area is 124 Å². The van der Waals surface area contributed by atoms with E-state index in [0.29, 0.717) is 12.8 Å². The molecule has 2 aromatic rings. The highest BCUT2D eigenvalue weighted by molar-refractivity contribution is 5.76. The fraction of sp³-hybridized carbons (Fsp3) is 0.400. The molecule has 6 nitrogen and oxygen atoms in total. The minimum atomic E-state index is -0.169. The second-order valence-electron chi connectivity index (χ2n) is 5.15. The van der Waals surface area contributed by atoms with Gasteiger partial charge in [-0.05, 0) is 18.9 Å². The SMILES string of the molecule is CC(NC(=O)CCC(N)c1ccccc1)c1nncn1C. The number of benzene rings is 1. The predicted octanol–water partition coefficient (Wildman–Crippen LogP) is 1.47. The maximum absolute atomic E-state index is 12.0. The first kappa shape index (κ1) is 15.2. The number of aryl methyl sites for hydroxylation is 1. The van der Waals surface area contributed by atoms with Crippen molar-refractivity contribution >= 4 is 5.91 Å². The lowest BCUT2D eigenvalue weighted by Crippen LogP contribution is -2.29. The fourth-order valence-electron chi connectivity index (χ4n) is 2.22. The van der Waals surface area contributed by atoms with Crippen molar-refractivity contribution in [1.29, 1.82) is 0 Å². The zero-order valence-electron chi connectivity index (χ0n) is 12.4. The van der Waals surface area contributed by atoms with E-state index in [1.54, 1.807) is 10.9 Å². The summed E-state index contributed by atoms with van der Waals surface area (Å²) in [5.74, 6) is 0.701. The van der Waals surface area contributed by atoms with Crippen molar-refractivity contribution in [2.75, 3.05) is 0 Å². The number of hydrogen-bond donors (Lipinski definition) is 2. The number of amides is 1. The van der Waals surface area contributed by atoms with Gasteiger partial charge in [-0.2, -0.15) is 0 Å². The van der Waals surface area contributed by atoms with E-state index in [2.05, 4.69) is 15.5 Å². The first-order valence-electron chi connectivity index (χ1n) is 7.01. The molecule has 0 spiro atoms. The Morgan fingerprint density at radius 3 is 2.71 bits per heavy atom. The number of carbonyl (C=O) groups is 1. The molecular formula is C15H21N5O.